The Bertz CT molecular complexity index is 327. The van der Waals surface area contributed by atoms with Gasteiger partial charge in [0, 0.05) is 18.8 Å². The summed E-state index contributed by atoms with van der Waals surface area (Å²) in [6.45, 7) is 8.01. The van der Waals surface area contributed by atoms with Crippen molar-refractivity contribution in [1.82, 2.24) is 9.55 Å². The van der Waals surface area contributed by atoms with Gasteiger partial charge in [-0.1, -0.05) is 0 Å². The van der Waals surface area contributed by atoms with Gasteiger partial charge in [0.25, 0.3) is 0 Å². The zero-order valence-corrected chi connectivity index (χ0v) is 9.66. The quantitative estimate of drug-likeness (QED) is 0.827. The minimum absolute atomic E-state index is 0.421. The Morgan fingerprint density at radius 1 is 1.60 bits per heavy atom. The Balaban J connectivity index is 2.11. The van der Waals surface area contributed by atoms with Crippen LogP contribution in [0.2, 0.25) is 0 Å². The van der Waals surface area contributed by atoms with E-state index in [1.807, 2.05) is 6.92 Å². The summed E-state index contributed by atoms with van der Waals surface area (Å²) in [5, 5.41) is 3.44. The van der Waals surface area contributed by atoms with Gasteiger partial charge in [-0.25, -0.2) is 4.98 Å². The molecule has 1 N–H and O–H groups in total. The van der Waals surface area contributed by atoms with E-state index in [0.29, 0.717) is 12.1 Å². The Labute approximate surface area is 90.6 Å². The Morgan fingerprint density at radius 3 is 3.00 bits per heavy atom. The summed E-state index contributed by atoms with van der Waals surface area (Å²) in [6, 6.07) is 0.861. The zero-order valence-electron chi connectivity index (χ0n) is 9.66. The van der Waals surface area contributed by atoms with Crippen molar-refractivity contribution in [3.63, 3.8) is 0 Å². The highest BCUT2D eigenvalue weighted by molar-refractivity contribution is 5.31. The molecule has 2 heterocycles. The number of ether oxygens (including phenoxy) is 1. The van der Waals surface area contributed by atoms with Gasteiger partial charge >= 0.3 is 0 Å². The molecule has 15 heavy (non-hydrogen) atoms. The molecule has 0 aliphatic carbocycles. The van der Waals surface area contributed by atoms with Crippen LogP contribution < -0.4 is 5.32 Å². The first-order valence-electron chi connectivity index (χ1n) is 5.56. The number of hydrogen-bond donors (Lipinski definition) is 1. The van der Waals surface area contributed by atoms with Gasteiger partial charge in [-0.15, -0.1) is 0 Å². The Hall–Kier alpha value is -1.03. The van der Waals surface area contributed by atoms with E-state index in [0.717, 1.165) is 31.3 Å². The molecule has 2 rings (SSSR count). The van der Waals surface area contributed by atoms with E-state index in [-0.39, 0.29) is 0 Å². The molecule has 1 unspecified atom stereocenters. The van der Waals surface area contributed by atoms with Crippen LogP contribution in [0.5, 0.6) is 0 Å². The van der Waals surface area contributed by atoms with Gasteiger partial charge in [-0.05, 0) is 27.2 Å². The predicted molar refractivity (Wildman–Crippen MR) is 60.2 cm³/mol. The molecule has 1 aliphatic heterocycles. The minimum Gasteiger partial charge on any atom is -0.379 e. The molecule has 1 saturated heterocycles. The number of nitrogens with zero attached hydrogens (tertiary/aromatic N) is 2. The standard InChI is InChI=1S/C11H19N3O/c1-8(2)14-6-9(3)12-11(14)13-10-4-5-15-7-10/h6,8,10H,4-5,7H2,1-3H3,(H,12,13). The van der Waals surface area contributed by atoms with Crippen molar-refractivity contribution >= 4 is 5.95 Å². The lowest BCUT2D eigenvalue weighted by Crippen LogP contribution is -2.22. The second kappa shape index (κ2) is 4.23. The number of hydrogen-bond acceptors (Lipinski definition) is 3. The van der Waals surface area contributed by atoms with E-state index in [1.165, 1.54) is 0 Å². The van der Waals surface area contributed by atoms with E-state index in [4.69, 9.17) is 4.74 Å². The van der Waals surface area contributed by atoms with Crippen LogP contribution in [0.25, 0.3) is 0 Å². The summed E-state index contributed by atoms with van der Waals surface area (Å²) in [4.78, 5) is 4.49. The van der Waals surface area contributed by atoms with Crippen molar-refractivity contribution in [3.8, 4) is 0 Å². The maximum Gasteiger partial charge on any atom is 0.203 e. The van der Waals surface area contributed by atoms with Gasteiger partial charge in [0.2, 0.25) is 5.95 Å². The van der Waals surface area contributed by atoms with Crippen LogP contribution in [0.4, 0.5) is 5.95 Å². The molecule has 84 valence electrons. The molecule has 1 fully saturated rings. The van der Waals surface area contributed by atoms with Crippen molar-refractivity contribution in [3.05, 3.63) is 11.9 Å². The van der Waals surface area contributed by atoms with E-state index in [9.17, 15) is 0 Å². The second-order valence-electron chi connectivity index (χ2n) is 4.41. The maximum absolute atomic E-state index is 5.34. The molecule has 0 amide bonds. The van der Waals surface area contributed by atoms with Crippen LogP contribution in [0, 0.1) is 6.92 Å². The fourth-order valence-corrected chi connectivity index (χ4v) is 1.85. The average Bonchev–Trinajstić information content (AvgIpc) is 2.75. The largest absolute Gasteiger partial charge is 0.379 e. The highest BCUT2D eigenvalue weighted by atomic mass is 16.5. The van der Waals surface area contributed by atoms with Gasteiger partial charge in [-0.3, -0.25) is 0 Å². The van der Waals surface area contributed by atoms with Crippen LogP contribution in [-0.2, 0) is 4.74 Å². The summed E-state index contributed by atoms with van der Waals surface area (Å²) in [7, 11) is 0. The second-order valence-corrected chi connectivity index (χ2v) is 4.41. The molecule has 4 nitrogen and oxygen atoms in total. The molecule has 0 radical (unpaired) electrons. The lowest BCUT2D eigenvalue weighted by molar-refractivity contribution is 0.195. The third-order valence-corrected chi connectivity index (χ3v) is 2.67. The summed E-state index contributed by atoms with van der Waals surface area (Å²) < 4.78 is 7.51. The first-order valence-corrected chi connectivity index (χ1v) is 5.56. The Morgan fingerprint density at radius 2 is 2.40 bits per heavy atom. The van der Waals surface area contributed by atoms with Crippen molar-refractivity contribution < 1.29 is 4.74 Å². The summed E-state index contributed by atoms with van der Waals surface area (Å²) >= 11 is 0. The fraction of sp³-hybridized carbons (Fsp3) is 0.727. The topological polar surface area (TPSA) is 39.1 Å². The monoisotopic (exact) mass is 209 g/mol. The van der Waals surface area contributed by atoms with E-state index in [2.05, 4.69) is 34.9 Å². The lowest BCUT2D eigenvalue weighted by atomic mass is 10.3. The molecule has 1 aromatic rings. The average molecular weight is 209 g/mol. The van der Waals surface area contributed by atoms with Gasteiger partial charge in [0.15, 0.2) is 0 Å². The summed E-state index contributed by atoms with van der Waals surface area (Å²) in [5.41, 5.74) is 1.06. The molecule has 4 heteroatoms. The fourth-order valence-electron chi connectivity index (χ4n) is 1.85. The normalized spacial score (nSPS) is 21.2. The third-order valence-electron chi connectivity index (χ3n) is 2.67. The van der Waals surface area contributed by atoms with E-state index < -0.39 is 0 Å². The number of aromatic nitrogens is 2. The molecule has 0 spiro atoms. The molecular weight excluding hydrogens is 190 g/mol. The molecule has 1 aliphatic rings. The number of anilines is 1. The molecule has 1 atom stereocenters. The minimum atomic E-state index is 0.421. The van der Waals surface area contributed by atoms with Crippen LogP contribution in [0.1, 0.15) is 32.0 Å². The van der Waals surface area contributed by atoms with Crippen molar-refractivity contribution in [2.75, 3.05) is 18.5 Å². The van der Waals surface area contributed by atoms with Crippen LogP contribution in [0.3, 0.4) is 0 Å². The molecule has 0 bridgehead atoms. The van der Waals surface area contributed by atoms with E-state index in [1.54, 1.807) is 0 Å². The summed E-state index contributed by atoms with van der Waals surface area (Å²) in [6.07, 6.45) is 3.16. The zero-order chi connectivity index (χ0) is 10.8. The molecule has 0 aromatic carbocycles. The molecular formula is C11H19N3O. The Kier molecular flexibility index (Phi) is 2.95. The highest BCUT2D eigenvalue weighted by Gasteiger charge is 2.18. The summed E-state index contributed by atoms with van der Waals surface area (Å²) in [5.74, 6) is 0.970. The van der Waals surface area contributed by atoms with Gasteiger partial charge in [-0.2, -0.15) is 0 Å². The van der Waals surface area contributed by atoms with E-state index >= 15 is 0 Å². The van der Waals surface area contributed by atoms with Crippen LogP contribution in [0.15, 0.2) is 6.20 Å². The van der Waals surface area contributed by atoms with Crippen molar-refractivity contribution in [1.29, 1.82) is 0 Å². The predicted octanol–water partition coefficient (Wildman–Crippen LogP) is 1.97. The van der Waals surface area contributed by atoms with Gasteiger partial charge in [0.05, 0.1) is 18.3 Å². The molecule has 0 saturated carbocycles. The SMILES string of the molecule is Cc1cn(C(C)C)c(NC2CCOC2)n1. The third kappa shape index (κ3) is 2.31. The first-order chi connectivity index (χ1) is 7.16. The number of nitrogens with one attached hydrogen (secondary N) is 1. The van der Waals surface area contributed by atoms with Gasteiger partial charge < -0.3 is 14.6 Å². The van der Waals surface area contributed by atoms with Crippen molar-refractivity contribution in [2.45, 2.75) is 39.3 Å². The van der Waals surface area contributed by atoms with Crippen LogP contribution >= 0.6 is 0 Å². The molecule has 1 aromatic heterocycles. The number of aryl methyl sites for hydroxylation is 1. The highest BCUT2D eigenvalue weighted by Crippen LogP contribution is 2.18. The maximum atomic E-state index is 5.34. The number of rotatable bonds is 3. The van der Waals surface area contributed by atoms with Crippen LogP contribution in [-0.4, -0.2) is 28.8 Å². The first kappa shape index (κ1) is 10.5. The smallest absolute Gasteiger partial charge is 0.203 e. The number of imidazole rings is 1. The lowest BCUT2D eigenvalue weighted by Gasteiger charge is -2.15. The van der Waals surface area contributed by atoms with Crippen molar-refractivity contribution in [2.24, 2.45) is 0 Å². The van der Waals surface area contributed by atoms with Gasteiger partial charge in [0.1, 0.15) is 0 Å².